The van der Waals surface area contributed by atoms with Crippen LogP contribution in [0, 0.1) is 0 Å². The van der Waals surface area contributed by atoms with Crippen molar-refractivity contribution in [2.75, 3.05) is 13.7 Å². The molecule has 5 heteroatoms. The standard InChI is InChI=1S/C18H18O4S/c1-3-22-18(20)17-14-6-4-5-13(14)16(23-17)15(19)11-7-9-12(21-2)10-8-11/h7-10H,3-6H2,1-2H3. The van der Waals surface area contributed by atoms with Gasteiger partial charge < -0.3 is 9.47 Å². The minimum atomic E-state index is -0.315. The molecule has 0 aliphatic heterocycles. The average molecular weight is 330 g/mol. The summed E-state index contributed by atoms with van der Waals surface area (Å²) in [4.78, 5) is 26.2. The van der Waals surface area contributed by atoms with E-state index in [0.29, 0.717) is 27.7 Å². The topological polar surface area (TPSA) is 52.6 Å². The van der Waals surface area contributed by atoms with E-state index in [1.54, 1.807) is 38.3 Å². The second kappa shape index (κ2) is 6.54. The van der Waals surface area contributed by atoms with Crippen molar-refractivity contribution in [1.82, 2.24) is 0 Å². The number of benzene rings is 1. The highest BCUT2D eigenvalue weighted by Gasteiger charge is 2.29. The van der Waals surface area contributed by atoms with E-state index >= 15 is 0 Å². The summed E-state index contributed by atoms with van der Waals surface area (Å²) in [6.07, 6.45) is 2.67. The van der Waals surface area contributed by atoms with E-state index in [9.17, 15) is 9.59 Å². The number of methoxy groups -OCH3 is 1. The lowest BCUT2D eigenvalue weighted by Crippen LogP contribution is -2.04. The predicted molar refractivity (Wildman–Crippen MR) is 88.7 cm³/mol. The molecule has 1 aromatic heterocycles. The van der Waals surface area contributed by atoms with Crippen LogP contribution < -0.4 is 4.74 Å². The summed E-state index contributed by atoms with van der Waals surface area (Å²) in [6.45, 7) is 2.13. The van der Waals surface area contributed by atoms with Crippen LogP contribution in [0.2, 0.25) is 0 Å². The number of carbonyl (C=O) groups is 2. The smallest absolute Gasteiger partial charge is 0.348 e. The maximum absolute atomic E-state index is 12.8. The molecule has 0 N–H and O–H groups in total. The van der Waals surface area contributed by atoms with Gasteiger partial charge in [-0.2, -0.15) is 0 Å². The van der Waals surface area contributed by atoms with Crippen molar-refractivity contribution in [3.63, 3.8) is 0 Å². The lowest BCUT2D eigenvalue weighted by atomic mass is 10.0. The first-order valence-electron chi connectivity index (χ1n) is 7.66. The first-order chi connectivity index (χ1) is 11.2. The van der Waals surface area contributed by atoms with Crippen LogP contribution in [0.5, 0.6) is 5.75 Å². The number of carbonyl (C=O) groups excluding carboxylic acids is 2. The van der Waals surface area contributed by atoms with Gasteiger partial charge in [-0.15, -0.1) is 11.3 Å². The number of ketones is 1. The first kappa shape index (κ1) is 15.7. The molecule has 0 fully saturated rings. The highest BCUT2D eigenvalue weighted by Crippen LogP contribution is 2.37. The van der Waals surface area contributed by atoms with E-state index in [0.717, 1.165) is 30.4 Å². The van der Waals surface area contributed by atoms with Crippen LogP contribution in [0.4, 0.5) is 0 Å². The number of ether oxygens (including phenoxy) is 2. The normalized spacial score (nSPS) is 12.8. The Labute approximate surface area is 139 Å². The molecule has 3 rings (SSSR count). The van der Waals surface area contributed by atoms with Gasteiger partial charge in [-0.05, 0) is 61.6 Å². The van der Waals surface area contributed by atoms with Gasteiger partial charge in [0.2, 0.25) is 5.78 Å². The van der Waals surface area contributed by atoms with Crippen LogP contribution in [-0.2, 0) is 17.6 Å². The Bertz CT molecular complexity index is 743. The Morgan fingerprint density at radius 1 is 1.09 bits per heavy atom. The lowest BCUT2D eigenvalue weighted by Gasteiger charge is -2.03. The van der Waals surface area contributed by atoms with Crippen molar-refractivity contribution < 1.29 is 19.1 Å². The Hall–Kier alpha value is -2.14. The molecule has 120 valence electrons. The van der Waals surface area contributed by atoms with E-state index in [2.05, 4.69) is 0 Å². The zero-order chi connectivity index (χ0) is 16.4. The molecule has 1 aliphatic rings. The second-order valence-corrected chi connectivity index (χ2v) is 6.37. The van der Waals surface area contributed by atoms with Gasteiger partial charge in [0.25, 0.3) is 0 Å². The molecule has 2 aromatic rings. The van der Waals surface area contributed by atoms with Crippen LogP contribution in [0.3, 0.4) is 0 Å². The molecular formula is C18H18O4S. The summed E-state index contributed by atoms with van der Waals surface area (Å²) in [5.74, 6) is 0.362. The number of thiophene rings is 1. The molecule has 1 aliphatic carbocycles. The summed E-state index contributed by atoms with van der Waals surface area (Å²) in [7, 11) is 1.59. The van der Waals surface area contributed by atoms with E-state index < -0.39 is 0 Å². The van der Waals surface area contributed by atoms with Gasteiger partial charge in [0.05, 0.1) is 18.6 Å². The third-order valence-electron chi connectivity index (χ3n) is 3.99. The molecule has 1 aromatic carbocycles. The Morgan fingerprint density at radius 3 is 2.35 bits per heavy atom. The van der Waals surface area contributed by atoms with Crippen LogP contribution in [0.15, 0.2) is 24.3 Å². The highest BCUT2D eigenvalue weighted by atomic mass is 32.1. The number of hydrogen-bond acceptors (Lipinski definition) is 5. The molecule has 0 spiro atoms. The highest BCUT2D eigenvalue weighted by molar-refractivity contribution is 7.16. The van der Waals surface area contributed by atoms with Crippen LogP contribution >= 0.6 is 11.3 Å². The van der Waals surface area contributed by atoms with Gasteiger partial charge in [-0.1, -0.05) is 0 Å². The minimum absolute atomic E-state index is 0.0358. The predicted octanol–water partition coefficient (Wildman–Crippen LogP) is 3.65. The van der Waals surface area contributed by atoms with E-state index in [4.69, 9.17) is 9.47 Å². The molecule has 0 unspecified atom stereocenters. The molecule has 0 bridgehead atoms. The summed E-state index contributed by atoms with van der Waals surface area (Å²) < 4.78 is 10.2. The zero-order valence-corrected chi connectivity index (χ0v) is 14.0. The minimum Gasteiger partial charge on any atom is -0.497 e. The Balaban J connectivity index is 1.97. The van der Waals surface area contributed by atoms with Crippen molar-refractivity contribution in [2.45, 2.75) is 26.2 Å². The lowest BCUT2D eigenvalue weighted by molar-refractivity contribution is 0.0531. The molecule has 23 heavy (non-hydrogen) atoms. The van der Waals surface area contributed by atoms with E-state index in [1.165, 1.54) is 11.3 Å². The third-order valence-corrected chi connectivity index (χ3v) is 5.24. The van der Waals surface area contributed by atoms with E-state index in [-0.39, 0.29) is 11.8 Å². The quantitative estimate of drug-likeness (QED) is 0.620. The Kier molecular flexibility index (Phi) is 4.48. The van der Waals surface area contributed by atoms with Crippen LogP contribution in [0.25, 0.3) is 0 Å². The molecule has 0 radical (unpaired) electrons. The molecule has 0 amide bonds. The fraction of sp³-hybridized carbons (Fsp3) is 0.333. The fourth-order valence-corrected chi connectivity index (χ4v) is 4.14. The molecular weight excluding hydrogens is 312 g/mol. The summed E-state index contributed by atoms with van der Waals surface area (Å²) >= 11 is 1.27. The van der Waals surface area contributed by atoms with Gasteiger partial charge in [0, 0.05) is 5.56 Å². The number of fused-ring (bicyclic) bond motifs is 1. The Morgan fingerprint density at radius 2 is 1.74 bits per heavy atom. The van der Waals surface area contributed by atoms with Crippen LogP contribution in [0.1, 0.15) is 49.4 Å². The monoisotopic (exact) mass is 330 g/mol. The van der Waals surface area contributed by atoms with Gasteiger partial charge in [-0.3, -0.25) is 4.79 Å². The maximum Gasteiger partial charge on any atom is 0.348 e. The van der Waals surface area contributed by atoms with Crippen molar-refractivity contribution >= 4 is 23.1 Å². The molecule has 0 saturated heterocycles. The summed E-state index contributed by atoms with van der Waals surface area (Å²) in [5.41, 5.74) is 2.64. The second-order valence-electron chi connectivity index (χ2n) is 5.35. The first-order valence-corrected chi connectivity index (χ1v) is 8.47. The number of esters is 1. The van der Waals surface area contributed by atoms with Crippen molar-refractivity contribution in [1.29, 1.82) is 0 Å². The summed E-state index contributed by atoms with van der Waals surface area (Å²) in [5, 5.41) is 0. The molecule has 0 atom stereocenters. The third kappa shape index (κ3) is 2.88. The van der Waals surface area contributed by atoms with Crippen molar-refractivity contribution in [2.24, 2.45) is 0 Å². The summed E-state index contributed by atoms with van der Waals surface area (Å²) in [6, 6.07) is 7.05. The van der Waals surface area contributed by atoms with Crippen molar-refractivity contribution in [3.8, 4) is 5.75 Å². The van der Waals surface area contributed by atoms with Crippen LogP contribution in [-0.4, -0.2) is 25.5 Å². The SMILES string of the molecule is CCOC(=O)c1sc(C(=O)c2ccc(OC)cc2)c2c1CCC2. The molecule has 0 saturated carbocycles. The molecule has 1 heterocycles. The molecule has 4 nitrogen and oxygen atoms in total. The largest absolute Gasteiger partial charge is 0.497 e. The maximum atomic E-state index is 12.8. The van der Waals surface area contributed by atoms with Gasteiger partial charge >= 0.3 is 5.97 Å². The van der Waals surface area contributed by atoms with Gasteiger partial charge in [0.15, 0.2) is 0 Å². The number of rotatable bonds is 5. The van der Waals surface area contributed by atoms with Gasteiger partial charge in [-0.25, -0.2) is 4.79 Å². The number of hydrogen-bond donors (Lipinski definition) is 0. The van der Waals surface area contributed by atoms with Crippen molar-refractivity contribution in [3.05, 3.63) is 50.7 Å². The zero-order valence-electron chi connectivity index (χ0n) is 13.2. The average Bonchev–Trinajstić information content (AvgIpc) is 3.16. The fourth-order valence-electron chi connectivity index (χ4n) is 2.89. The van der Waals surface area contributed by atoms with Gasteiger partial charge in [0.1, 0.15) is 10.6 Å². The van der Waals surface area contributed by atoms with E-state index in [1.807, 2.05) is 0 Å².